The number of thiocarbonyl (C=S) groups is 1. The van der Waals surface area contributed by atoms with E-state index in [0.717, 1.165) is 22.4 Å². The average molecular weight is 522 g/mol. The number of ether oxygens (including phenoxy) is 1. The molecule has 0 unspecified atom stereocenters. The van der Waals surface area contributed by atoms with Gasteiger partial charge in [-0.05, 0) is 91.6 Å². The zero-order valence-electron chi connectivity index (χ0n) is 20.6. The third kappa shape index (κ3) is 6.42. The van der Waals surface area contributed by atoms with Crippen LogP contribution in [0.2, 0.25) is 5.02 Å². The van der Waals surface area contributed by atoms with E-state index in [1.54, 1.807) is 38.1 Å². The van der Waals surface area contributed by atoms with Gasteiger partial charge in [-0.1, -0.05) is 43.6 Å². The highest BCUT2D eigenvalue weighted by atomic mass is 35.5. The number of hydrogen-bond donors (Lipinski definition) is 2. The van der Waals surface area contributed by atoms with Crippen LogP contribution in [0.15, 0.2) is 71.1 Å². The molecule has 4 aromatic rings. The lowest BCUT2D eigenvalue weighted by atomic mass is 10.0. The molecule has 0 spiro atoms. The van der Waals surface area contributed by atoms with Gasteiger partial charge in [0.25, 0.3) is 5.91 Å². The first-order valence-electron chi connectivity index (χ1n) is 11.6. The maximum Gasteiger partial charge on any atom is 0.269 e. The van der Waals surface area contributed by atoms with Gasteiger partial charge < -0.3 is 14.5 Å². The van der Waals surface area contributed by atoms with Gasteiger partial charge in [-0.15, -0.1) is 0 Å². The molecule has 8 heteroatoms. The molecule has 1 amide bonds. The van der Waals surface area contributed by atoms with Gasteiger partial charge in [-0.25, -0.2) is 4.98 Å². The molecule has 1 heterocycles. The van der Waals surface area contributed by atoms with E-state index in [9.17, 15) is 4.79 Å². The number of carbonyl (C=O) groups is 1. The van der Waals surface area contributed by atoms with Crippen LogP contribution in [0.3, 0.4) is 0 Å². The number of halogens is 1. The Labute approximate surface area is 221 Å². The second-order valence-corrected chi connectivity index (χ2v) is 10.2. The number of carbonyl (C=O) groups excluding carboxylic acids is 1. The Morgan fingerprint density at radius 2 is 1.78 bits per heavy atom. The standard InChI is InChI=1S/C28H28ClN3O3S/c1-17(2)19-7-14-24-23(16-19)31-25(34-24)15-18-5-10-21(11-6-18)30-27(36)32-26(33)28(3,4)35-22-12-8-20(29)9-13-22/h5-14,16-17H,15H2,1-4H3,(H2,30,32,33,36). The molecular weight excluding hydrogens is 494 g/mol. The molecule has 0 aliphatic rings. The molecule has 0 saturated heterocycles. The van der Waals surface area contributed by atoms with Gasteiger partial charge in [0.15, 0.2) is 22.2 Å². The number of rotatable bonds is 7. The van der Waals surface area contributed by atoms with Crippen LogP contribution in [-0.2, 0) is 11.2 Å². The van der Waals surface area contributed by atoms with Crippen molar-refractivity contribution in [1.82, 2.24) is 10.3 Å². The summed E-state index contributed by atoms with van der Waals surface area (Å²) in [4.78, 5) is 17.4. The summed E-state index contributed by atoms with van der Waals surface area (Å²) >= 11 is 11.2. The molecule has 0 radical (unpaired) electrons. The summed E-state index contributed by atoms with van der Waals surface area (Å²) in [5.74, 6) is 1.27. The van der Waals surface area contributed by atoms with Crippen molar-refractivity contribution in [2.75, 3.05) is 5.32 Å². The van der Waals surface area contributed by atoms with E-state index in [0.29, 0.717) is 29.0 Å². The highest BCUT2D eigenvalue weighted by molar-refractivity contribution is 7.80. The number of fused-ring (bicyclic) bond motifs is 1. The molecule has 0 aliphatic heterocycles. The van der Waals surface area contributed by atoms with E-state index in [2.05, 4.69) is 41.6 Å². The van der Waals surface area contributed by atoms with Crippen LogP contribution in [-0.4, -0.2) is 21.6 Å². The monoisotopic (exact) mass is 521 g/mol. The summed E-state index contributed by atoms with van der Waals surface area (Å²) in [6.07, 6.45) is 0.573. The molecule has 2 N–H and O–H groups in total. The van der Waals surface area contributed by atoms with Crippen LogP contribution >= 0.6 is 23.8 Å². The third-order valence-corrected chi connectivity index (χ3v) is 6.11. The lowest BCUT2D eigenvalue weighted by Gasteiger charge is -2.25. The summed E-state index contributed by atoms with van der Waals surface area (Å²) in [5, 5.41) is 6.49. The van der Waals surface area contributed by atoms with Crippen LogP contribution in [0.5, 0.6) is 5.75 Å². The van der Waals surface area contributed by atoms with Crippen molar-refractivity contribution in [2.45, 2.75) is 45.6 Å². The van der Waals surface area contributed by atoms with Crippen LogP contribution in [0.1, 0.15) is 50.6 Å². The molecule has 1 aromatic heterocycles. The molecule has 0 aliphatic carbocycles. The highest BCUT2D eigenvalue weighted by Gasteiger charge is 2.30. The van der Waals surface area contributed by atoms with Gasteiger partial charge in [0, 0.05) is 17.1 Å². The normalized spacial score (nSPS) is 11.5. The lowest BCUT2D eigenvalue weighted by Crippen LogP contribution is -2.49. The van der Waals surface area contributed by atoms with E-state index >= 15 is 0 Å². The summed E-state index contributed by atoms with van der Waals surface area (Å²) < 4.78 is 11.7. The number of benzene rings is 3. The van der Waals surface area contributed by atoms with E-state index in [1.165, 1.54) is 5.56 Å². The average Bonchev–Trinajstić information content (AvgIpc) is 3.23. The fourth-order valence-corrected chi connectivity index (χ4v) is 3.90. The van der Waals surface area contributed by atoms with Crippen molar-refractivity contribution < 1.29 is 13.9 Å². The SMILES string of the molecule is CC(C)c1ccc2oc(Cc3ccc(NC(=S)NC(=O)C(C)(C)Oc4ccc(Cl)cc4)cc3)nc2c1. The van der Waals surface area contributed by atoms with Gasteiger partial charge in [0.05, 0.1) is 0 Å². The Morgan fingerprint density at radius 3 is 2.44 bits per heavy atom. The predicted molar refractivity (Wildman–Crippen MR) is 148 cm³/mol. The van der Waals surface area contributed by atoms with Crippen LogP contribution in [0.25, 0.3) is 11.1 Å². The first-order chi connectivity index (χ1) is 17.1. The number of aromatic nitrogens is 1. The summed E-state index contributed by atoms with van der Waals surface area (Å²) in [6, 6.07) is 20.7. The lowest BCUT2D eigenvalue weighted by molar-refractivity contribution is -0.132. The van der Waals surface area contributed by atoms with Crippen molar-refractivity contribution in [2.24, 2.45) is 0 Å². The quantitative estimate of drug-likeness (QED) is 0.258. The molecule has 6 nitrogen and oxygen atoms in total. The fourth-order valence-electron chi connectivity index (χ4n) is 3.57. The molecule has 3 aromatic carbocycles. The van der Waals surface area contributed by atoms with E-state index in [-0.39, 0.29) is 11.0 Å². The Balaban J connectivity index is 1.33. The van der Waals surface area contributed by atoms with Crippen molar-refractivity contribution >= 4 is 51.6 Å². The van der Waals surface area contributed by atoms with Gasteiger partial charge in [0.2, 0.25) is 0 Å². The predicted octanol–water partition coefficient (Wildman–Crippen LogP) is 6.87. The zero-order valence-corrected chi connectivity index (χ0v) is 22.2. The molecule has 0 atom stereocenters. The molecule has 36 heavy (non-hydrogen) atoms. The van der Waals surface area contributed by atoms with Crippen LogP contribution < -0.4 is 15.4 Å². The molecule has 0 bridgehead atoms. The van der Waals surface area contributed by atoms with E-state index in [1.807, 2.05) is 30.3 Å². The number of nitrogens with one attached hydrogen (secondary N) is 2. The van der Waals surface area contributed by atoms with Gasteiger partial charge in [-0.3, -0.25) is 10.1 Å². The van der Waals surface area contributed by atoms with E-state index < -0.39 is 5.60 Å². The first-order valence-corrected chi connectivity index (χ1v) is 12.4. The van der Waals surface area contributed by atoms with Crippen molar-refractivity contribution in [1.29, 1.82) is 0 Å². The van der Waals surface area contributed by atoms with Crippen LogP contribution in [0.4, 0.5) is 5.69 Å². The Hall–Kier alpha value is -3.42. The largest absolute Gasteiger partial charge is 0.478 e. The van der Waals surface area contributed by atoms with Gasteiger partial charge in [0.1, 0.15) is 11.3 Å². The first kappa shape index (κ1) is 25.7. The molecule has 4 rings (SSSR count). The minimum Gasteiger partial charge on any atom is -0.478 e. The number of amides is 1. The number of hydrogen-bond acceptors (Lipinski definition) is 5. The number of oxazole rings is 1. The number of anilines is 1. The topological polar surface area (TPSA) is 76.4 Å². The second kappa shape index (κ2) is 10.7. The highest BCUT2D eigenvalue weighted by Crippen LogP contribution is 2.24. The Bertz CT molecular complexity index is 1380. The van der Waals surface area contributed by atoms with Crippen molar-refractivity contribution in [3.05, 3.63) is 88.8 Å². The third-order valence-electron chi connectivity index (χ3n) is 5.65. The minimum atomic E-state index is -1.14. The molecule has 0 saturated carbocycles. The Morgan fingerprint density at radius 1 is 1.08 bits per heavy atom. The van der Waals surface area contributed by atoms with Crippen molar-refractivity contribution in [3.63, 3.8) is 0 Å². The summed E-state index contributed by atoms with van der Waals surface area (Å²) in [7, 11) is 0. The van der Waals surface area contributed by atoms with Crippen LogP contribution in [0, 0.1) is 0 Å². The molecule has 186 valence electrons. The maximum atomic E-state index is 12.7. The fraction of sp³-hybridized carbons (Fsp3) is 0.250. The van der Waals surface area contributed by atoms with Gasteiger partial charge >= 0.3 is 0 Å². The second-order valence-electron chi connectivity index (χ2n) is 9.34. The number of nitrogens with zero attached hydrogens (tertiary/aromatic N) is 1. The Kier molecular flexibility index (Phi) is 7.62. The smallest absolute Gasteiger partial charge is 0.269 e. The minimum absolute atomic E-state index is 0.181. The molecular formula is C28H28ClN3O3S. The van der Waals surface area contributed by atoms with Crippen molar-refractivity contribution in [3.8, 4) is 5.75 Å². The molecule has 0 fully saturated rings. The summed E-state index contributed by atoms with van der Waals surface area (Å²) in [5.41, 5.74) is 3.55. The van der Waals surface area contributed by atoms with Gasteiger partial charge in [-0.2, -0.15) is 0 Å². The van der Waals surface area contributed by atoms with E-state index in [4.69, 9.17) is 33.0 Å². The zero-order chi connectivity index (χ0) is 25.9. The maximum absolute atomic E-state index is 12.7. The summed E-state index contributed by atoms with van der Waals surface area (Å²) in [6.45, 7) is 7.66.